The molecule has 0 aromatic heterocycles. The van der Waals surface area contributed by atoms with Crippen LogP contribution in [-0.2, 0) is 11.2 Å². The Kier molecular flexibility index (Phi) is 8.84. The minimum Gasteiger partial charge on any atom is -0.379 e. The van der Waals surface area contributed by atoms with Gasteiger partial charge in [0, 0.05) is 18.7 Å². The number of rotatable bonds is 6. The lowest BCUT2D eigenvalue weighted by Crippen LogP contribution is -2.52. The number of hydrogen-bond donors (Lipinski definition) is 1. The molecule has 3 rings (SSSR count). The lowest BCUT2D eigenvalue weighted by atomic mass is 9.80. The number of hydrogen-bond acceptors (Lipinski definition) is 4. The molecule has 152 valence electrons. The SMILES string of the molecule is C1COCCN1.CCC(Cc1ccc(C)cc1)(C(=O)c1ccccc1)N(C)C. The standard InChI is InChI=1S/C20H25NO.C4H9NO/c1-5-20(21(3)4,15-17-13-11-16(2)12-14-17)19(22)18-9-7-6-8-10-18;1-3-6-4-2-5-1/h6-14H,5,15H2,1-4H3;5H,1-4H2. The highest BCUT2D eigenvalue weighted by atomic mass is 16.5. The van der Waals surface area contributed by atoms with Gasteiger partial charge in [-0.05, 0) is 39.4 Å². The molecular weight excluding hydrogens is 348 g/mol. The van der Waals surface area contributed by atoms with Gasteiger partial charge in [-0.1, -0.05) is 67.1 Å². The van der Waals surface area contributed by atoms with Crippen molar-refractivity contribution in [2.75, 3.05) is 40.4 Å². The second kappa shape index (κ2) is 11.1. The van der Waals surface area contributed by atoms with Crippen molar-refractivity contribution in [3.8, 4) is 0 Å². The largest absolute Gasteiger partial charge is 0.379 e. The van der Waals surface area contributed by atoms with Gasteiger partial charge in [-0.15, -0.1) is 0 Å². The zero-order chi connectivity index (χ0) is 20.4. The summed E-state index contributed by atoms with van der Waals surface area (Å²) in [5.41, 5.74) is 2.72. The lowest BCUT2D eigenvalue weighted by Gasteiger charge is -2.38. The fourth-order valence-corrected chi connectivity index (χ4v) is 3.46. The Balaban J connectivity index is 0.000000397. The van der Waals surface area contributed by atoms with Crippen LogP contribution >= 0.6 is 0 Å². The van der Waals surface area contributed by atoms with E-state index in [0.29, 0.717) is 0 Å². The maximum atomic E-state index is 13.2. The number of benzene rings is 2. The van der Waals surface area contributed by atoms with Gasteiger partial charge in [-0.3, -0.25) is 9.69 Å². The number of Topliss-reactive ketones (excluding diaryl/α,β-unsaturated/α-hetero) is 1. The third kappa shape index (κ3) is 5.99. The summed E-state index contributed by atoms with van der Waals surface area (Å²) >= 11 is 0. The quantitative estimate of drug-likeness (QED) is 0.773. The zero-order valence-corrected chi connectivity index (χ0v) is 17.7. The van der Waals surface area contributed by atoms with Crippen molar-refractivity contribution in [1.82, 2.24) is 10.2 Å². The third-order valence-electron chi connectivity index (χ3n) is 5.36. The van der Waals surface area contributed by atoms with Crippen molar-refractivity contribution in [2.45, 2.75) is 32.2 Å². The second-order valence-electron chi connectivity index (χ2n) is 7.50. The van der Waals surface area contributed by atoms with Gasteiger partial charge in [0.2, 0.25) is 0 Å². The first kappa shape index (κ1) is 22.3. The molecule has 1 fully saturated rings. The molecule has 0 saturated carbocycles. The van der Waals surface area contributed by atoms with Gasteiger partial charge in [0.1, 0.15) is 0 Å². The Bertz CT molecular complexity index is 698. The lowest BCUT2D eigenvalue weighted by molar-refractivity contribution is 0.0666. The van der Waals surface area contributed by atoms with E-state index < -0.39 is 5.54 Å². The smallest absolute Gasteiger partial charge is 0.183 e. The summed E-state index contributed by atoms with van der Waals surface area (Å²) in [4.78, 5) is 15.2. The molecule has 1 atom stereocenters. The van der Waals surface area contributed by atoms with E-state index >= 15 is 0 Å². The normalized spacial score (nSPS) is 16.0. The van der Waals surface area contributed by atoms with Crippen molar-refractivity contribution >= 4 is 5.78 Å². The third-order valence-corrected chi connectivity index (χ3v) is 5.36. The van der Waals surface area contributed by atoms with E-state index in [4.69, 9.17) is 4.74 Å². The van der Waals surface area contributed by atoms with Gasteiger partial charge < -0.3 is 10.1 Å². The molecule has 1 N–H and O–H groups in total. The van der Waals surface area contributed by atoms with Crippen LogP contribution in [0.2, 0.25) is 0 Å². The average molecular weight is 383 g/mol. The molecule has 0 radical (unpaired) electrons. The first-order valence-corrected chi connectivity index (χ1v) is 10.1. The molecule has 0 bridgehead atoms. The fraction of sp³-hybridized carbons (Fsp3) is 0.458. The molecule has 4 nitrogen and oxygen atoms in total. The van der Waals surface area contributed by atoms with Crippen molar-refractivity contribution in [1.29, 1.82) is 0 Å². The van der Waals surface area contributed by atoms with Crippen LogP contribution in [-0.4, -0.2) is 56.6 Å². The van der Waals surface area contributed by atoms with E-state index in [9.17, 15) is 4.79 Å². The summed E-state index contributed by atoms with van der Waals surface area (Å²) < 4.78 is 5.01. The predicted octanol–water partition coefficient (Wildman–Crippen LogP) is 3.74. The molecule has 1 heterocycles. The Labute approximate surface area is 169 Å². The number of ether oxygens (including phenoxy) is 1. The van der Waals surface area contributed by atoms with Crippen molar-refractivity contribution < 1.29 is 9.53 Å². The Morgan fingerprint density at radius 1 is 1.04 bits per heavy atom. The highest BCUT2D eigenvalue weighted by molar-refractivity contribution is 6.03. The first-order chi connectivity index (χ1) is 13.5. The molecule has 1 unspecified atom stereocenters. The summed E-state index contributed by atoms with van der Waals surface area (Å²) in [6, 6.07) is 18.1. The number of ketones is 1. The van der Waals surface area contributed by atoms with Gasteiger partial charge >= 0.3 is 0 Å². The van der Waals surface area contributed by atoms with Crippen LogP contribution in [0.4, 0.5) is 0 Å². The van der Waals surface area contributed by atoms with Crippen LogP contribution in [0.3, 0.4) is 0 Å². The minimum absolute atomic E-state index is 0.196. The van der Waals surface area contributed by atoms with Crippen LogP contribution in [0.5, 0.6) is 0 Å². The summed E-state index contributed by atoms with van der Waals surface area (Å²) in [7, 11) is 4.00. The van der Waals surface area contributed by atoms with Gasteiger partial charge in [-0.2, -0.15) is 0 Å². The van der Waals surface area contributed by atoms with Crippen molar-refractivity contribution in [3.63, 3.8) is 0 Å². The fourth-order valence-electron chi connectivity index (χ4n) is 3.46. The van der Waals surface area contributed by atoms with Crippen LogP contribution < -0.4 is 5.32 Å². The Hall–Kier alpha value is -2.01. The topological polar surface area (TPSA) is 41.6 Å². The maximum absolute atomic E-state index is 13.2. The van der Waals surface area contributed by atoms with Crippen LogP contribution in [0.25, 0.3) is 0 Å². The minimum atomic E-state index is -0.503. The maximum Gasteiger partial charge on any atom is 0.183 e. The number of nitrogens with one attached hydrogen (secondary N) is 1. The molecular formula is C24H34N2O2. The Morgan fingerprint density at radius 2 is 1.64 bits per heavy atom. The molecule has 1 aliphatic heterocycles. The van der Waals surface area contributed by atoms with Gasteiger partial charge in [-0.25, -0.2) is 0 Å². The Morgan fingerprint density at radius 3 is 2.07 bits per heavy atom. The molecule has 0 amide bonds. The van der Waals surface area contributed by atoms with Gasteiger partial charge in [0.05, 0.1) is 18.8 Å². The van der Waals surface area contributed by atoms with Crippen LogP contribution in [0.1, 0.15) is 34.8 Å². The highest BCUT2D eigenvalue weighted by Crippen LogP contribution is 2.27. The van der Waals surface area contributed by atoms with Crippen molar-refractivity contribution in [2.24, 2.45) is 0 Å². The molecule has 0 spiro atoms. The summed E-state index contributed by atoms with van der Waals surface area (Å²) in [5.74, 6) is 0.196. The van der Waals surface area contributed by atoms with Crippen LogP contribution in [0, 0.1) is 6.92 Å². The predicted molar refractivity (Wildman–Crippen MR) is 116 cm³/mol. The zero-order valence-electron chi connectivity index (χ0n) is 17.7. The van der Waals surface area contributed by atoms with Gasteiger partial charge in [0.25, 0.3) is 0 Å². The van der Waals surface area contributed by atoms with Crippen molar-refractivity contribution in [3.05, 3.63) is 71.3 Å². The molecule has 2 aromatic carbocycles. The molecule has 1 saturated heterocycles. The number of nitrogens with zero attached hydrogens (tertiary/aromatic N) is 1. The number of carbonyl (C=O) groups excluding carboxylic acids is 1. The molecule has 0 aliphatic carbocycles. The highest BCUT2D eigenvalue weighted by Gasteiger charge is 2.39. The summed E-state index contributed by atoms with van der Waals surface area (Å²) in [6.45, 7) is 8.01. The van der Waals surface area contributed by atoms with Gasteiger partial charge in [0.15, 0.2) is 5.78 Å². The molecule has 1 aliphatic rings. The second-order valence-corrected chi connectivity index (χ2v) is 7.50. The number of likely N-dealkylation sites (N-methyl/N-ethyl adjacent to an activating group) is 1. The number of carbonyl (C=O) groups is 1. The van der Waals surface area contributed by atoms with E-state index in [2.05, 4.69) is 48.3 Å². The van der Waals surface area contributed by atoms with E-state index in [1.54, 1.807) is 0 Å². The van der Waals surface area contributed by atoms with E-state index in [1.165, 1.54) is 11.1 Å². The summed E-state index contributed by atoms with van der Waals surface area (Å²) in [5, 5.41) is 3.16. The number of aryl methyl sites for hydroxylation is 1. The average Bonchev–Trinajstić information content (AvgIpc) is 2.75. The van der Waals surface area contributed by atoms with E-state index in [-0.39, 0.29) is 5.78 Å². The van der Waals surface area contributed by atoms with E-state index in [1.807, 2.05) is 44.4 Å². The molecule has 2 aromatic rings. The van der Waals surface area contributed by atoms with Crippen LogP contribution in [0.15, 0.2) is 54.6 Å². The summed E-state index contributed by atoms with van der Waals surface area (Å²) in [6.07, 6.45) is 1.51. The first-order valence-electron chi connectivity index (χ1n) is 10.1. The van der Waals surface area contributed by atoms with E-state index in [0.717, 1.165) is 44.7 Å². The molecule has 28 heavy (non-hydrogen) atoms. The monoisotopic (exact) mass is 382 g/mol. The molecule has 4 heteroatoms. The number of morpholine rings is 1.